The number of hydrogen-bond donors (Lipinski definition) is 1. The van der Waals surface area contributed by atoms with Crippen molar-refractivity contribution in [2.75, 3.05) is 13.2 Å². The molecule has 0 radical (unpaired) electrons. The summed E-state index contributed by atoms with van der Waals surface area (Å²) >= 11 is 0. The van der Waals surface area contributed by atoms with Gasteiger partial charge in [0.25, 0.3) is 0 Å². The average Bonchev–Trinajstić information content (AvgIpc) is 2.12. The van der Waals surface area contributed by atoms with Crippen molar-refractivity contribution in [3.63, 3.8) is 0 Å². The molecule has 0 aromatic heterocycles. The fraction of sp³-hybridized carbons (Fsp3) is 0.300. The summed E-state index contributed by atoms with van der Waals surface area (Å²) in [6.45, 7) is -0.0227. The predicted molar refractivity (Wildman–Crippen MR) is 48.6 cm³/mol. The summed E-state index contributed by atoms with van der Waals surface area (Å²) in [5, 5.41) is 8.27. The molecule has 0 atom stereocenters. The van der Waals surface area contributed by atoms with Gasteiger partial charge in [0, 0.05) is 0 Å². The van der Waals surface area contributed by atoms with Crippen molar-refractivity contribution in [2.24, 2.45) is 0 Å². The Bertz CT molecular complexity index is 312. The molecular weight excluding hydrogens is 187 g/mol. The first kappa shape index (κ1) is 10.7. The standard InChI is InChI=1S/C10H11FO3/c11-9-3-1-2-8(6-9)4-5-14-7-10(12)13/h1-3,6H,4-5,7H2,(H,12,13). The molecule has 1 rings (SSSR count). The molecular formula is C10H11FO3. The van der Waals surface area contributed by atoms with Gasteiger partial charge in [-0.2, -0.15) is 0 Å². The van der Waals surface area contributed by atoms with Gasteiger partial charge in [-0.15, -0.1) is 0 Å². The lowest BCUT2D eigenvalue weighted by atomic mass is 10.2. The van der Waals surface area contributed by atoms with Crippen molar-refractivity contribution in [3.05, 3.63) is 35.6 Å². The zero-order valence-electron chi connectivity index (χ0n) is 7.57. The number of hydrogen-bond acceptors (Lipinski definition) is 2. The highest BCUT2D eigenvalue weighted by atomic mass is 19.1. The van der Waals surface area contributed by atoms with Gasteiger partial charge in [-0.1, -0.05) is 12.1 Å². The third kappa shape index (κ3) is 4.00. The van der Waals surface area contributed by atoms with Crippen molar-refractivity contribution < 1.29 is 19.0 Å². The summed E-state index contributed by atoms with van der Waals surface area (Å²) < 4.78 is 17.5. The molecule has 0 bridgehead atoms. The monoisotopic (exact) mass is 198 g/mol. The van der Waals surface area contributed by atoms with Gasteiger partial charge in [-0.25, -0.2) is 9.18 Å². The van der Waals surface area contributed by atoms with Gasteiger partial charge in [0.15, 0.2) is 0 Å². The van der Waals surface area contributed by atoms with Gasteiger partial charge >= 0.3 is 5.97 Å². The minimum atomic E-state index is -0.996. The molecule has 0 aliphatic carbocycles. The lowest BCUT2D eigenvalue weighted by molar-refractivity contribution is -0.142. The fourth-order valence-corrected chi connectivity index (χ4v) is 1.04. The first-order chi connectivity index (χ1) is 6.68. The molecule has 0 heterocycles. The highest BCUT2D eigenvalue weighted by molar-refractivity contribution is 5.67. The van der Waals surface area contributed by atoms with Crippen LogP contribution in [0.15, 0.2) is 24.3 Å². The van der Waals surface area contributed by atoms with Crippen LogP contribution in [0.3, 0.4) is 0 Å². The van der Waals surface area contributed by atoms with E-state index in [1.165, 1.54) is 12.1 Å². The van der Waals surface area contributed by atoms with E-state index >= 15 is 0 Å². The van der Waals surface area contributed by atoms with Crippen LogP contribution in [0.4, 0.5) is 4.39 Å². The summed E-state index contributed by atoms with van der Waals surface area (Å²) in [5.41, 5.74) is 0.801. The third-order valence-electron chi connectivity index (χ3n) is 1.65. The zero-order chi connectivity index (χ0) is 10.4. The Balaban J connectivity index is 2.28. The molecule has 0 fully saturated rings. The predicted octanol–water partition coefficient (Wildman–Crippen LogP) is 1.47. The van der Waals surface area contributed by atoms with Crippen LogP contribution in [0.1, 0.15) is 5.56 Å². The number of ether oxygens (including phenoxy) is 1. The Labute approximate surface area is 81.1 Å². The van der Waals surface area contributed by atoms with Crippen molar-refractivity contribution in [2.45, 2.75) is 6.42 Å². The van der Waals surface area contributed by atoms with E-state index < -0.39 is 5.97 Å². The van der Waals surface area contributed by atoms with Gasteiger partial charge in [0.2, 0.25) is 0 Å². The normalized spacial score (nSPS) is 10.1. The second kappa shape index (κ2) is 5.34. The van der Waals surface area contributed by atoms with Crippen LogP contribution in [-0.2, 0) is 16.0 Å². The Morgan fingerprint density at radius 2 is 2.29 bits per heavy atom. The maximum absolute atomic E-state index is 12.7. The van der Waals surface area contributed by atoms with Crippen LogP contribution in [-0.4, -0.2) is 24.3 Å². The number of carbonyl (C=O) groups is 1. The van der Waals surface area contributed by atoms with E-state index in [4.69, 9.17) is 9.84 Å². The minimum absolute atomic E-state index is 0.287. The molecule has 0 saturated heterocycles. The molecule has 0 aliphatic heterocycles. The van der Waals surface area contributed by atoms with Crippen LogP contribution in [0.5, 0.6) is 0 Å². The Morgan fingerprint density at radius 3 is 2.93 bits per heavy atom. The Hall–Kier alpha value is -1.42. The van der Waals surface area contributed by atoms with Crippen LogP contribution < -0.4 is 0 Å². The lowest BCUT2D eigenvalue weighted by Gasteiger charge is -2.01. The molecule has 0 saturated carbocycles. The summed E-state index contributed by atoms with van der Waals surface area (Å²) in [4.78, 5) is 10.1. The van der Waals surface area contributed by atoms with Gasteiger partial charge in [0.1, 0.15) is 12.4 Å². The largest absolute Gasteiger partial charge is 0.480 e. The van der Waals surface area contributed by atoms with Gasteiger partial charge in [-0.3, -0.25) is 0 Å². The quantitative estimate of drug-likeness (QED) is 0.729. The smallest absolute Gasteiger partial charge is 0.329 e. The maximum Gasteiger partial charge on any atom is 0.329 e. The highest BCUT2D eigenvalue weighted by Gasteiger charge is 1.98. The van der Waals surface area contributed by atoms with E-state index in [0.29, 0.717) is 6.42 Å². The van der Waals surface area contributed by atoms with E-state index in [1.807, 2.05) is 0 Å². The molecule has 14 heavy (non-hydrogen) atoms. The number of halogens is 1. The summed E-state index contributed by atoms with van der Waals surface area (Å²) in [5.74, 6) is -1.29. The van der Waals surface area contributed by atoms with Gasteiger partial charge in [0.05, 0.1) is 6.61 Å². The maximum atomic E-state index is 12.7. The number of rotatable bonds is 5. The second-order valence-corrected chi connectivity index (χ2v) is 2.83. The number of aliphatic carboxylic acids is 1. The Morgan fingerprint density at radius 1 is 1.50 bits per heavy atom. The van der Waals surface area contributed by atoms with Crippen LogP contribution in [0.25, 0.3) is 0 Å². The van der Waals surface area contributed by atoms with Crippen molar-refractivity contribution in [1.82, 2.24) is 0 Å². The van der Waals surface area contributed by atoms with E-state index in [9.17, 15) is 9.18 Å². The SMILES string of the molecule is O=C(O)COCCc1cccc(F)c1. The van der Waals surface area contributed by atoms with Crippen LogP contribution >= 0.6 is 0 Å². The van der Waals surface area contributed by atoms with E-state index in [0.717, 1.165) is 5.56 Å². The molecule has 76 valence electrons. The highest BCUT2D eigenvalue weighted by Crippen LogP contribution is 2.04. The number of carboxylic acids is 1. The Kier molecular flexibility index (Phi) is 4.07. The molecule has 0 amide bonds. The number of carboxylic acid groups (broad SMARTS) is 1. The molecule has 0 aliphatic rings. The first-order valence-corrected chi connectivity index (χ1v) is 4.22. The molecule has 1 aromatic rings. The summed E-state index contributed by atoms with van der Waals surface area (Å²) in [7, 11) is 0. The summed E-state index contributed by atoms with van der Waals surface area (Å²) in [6.07, 6.45) is 0.519. The second-order valence-electron chi connectivity index (χ2n) is 2.83. The molecule has 0 spiro atoms. The van der Waals surface area contributed by atoms with Crippen molar-refractivity contribution >= 4 is 5.97 Å². The molecule has 4 heteroatoms. The van der Waals surface area contributed by atoms with E-state index in [1.54, 1.807) is 12.1 Å². The van der Waals surface area contributed by atoms with Crippen LogP contribution in [0, 0.1) is 5.82 Å². The van der Waals surface area contributed by atoms with Crippen LogP contribution in [0.2, 0.25) is 0 Å². The minimum Gasteiger partial charge on any atom is -0.480 e. The summed E-state index contributed by atoms with van der Waals surface area (Å²) in [6, 6.07) is 6.15. The molecule has 1 aromatic carbocycles. The van der Waals surface area contributed by atoms with Crippen molar-refractivity contribution in [1.29, 1.82) is 0 Å². The average molecular weight is 198 g/mol. The first-order valence-electron chi connectivity index (χ1n) is 4.22. The van der Waals surface area contributed by atoms with Gasteiger partial charge in [-0.05, 0) is 24.1 Å². The fourth-order valence-electron chi connectivity index (χ4n) is 1.04. The molecule has 3 nitrogen and oxygen atoms in total. The zero-order valence-corrected chi connectivity index (χ0v) is 7.57. The molecule has 0 unspecified atom stereocenters. The van der Waals surface area contributed by atoms with E-state index in [2.05, 4.69) is 0 Å². The molecule has 1 N–H and O–H groups in total. The van der Waals surface area contributed by atoms with Gasteiger partial charge < -0.3 is 9.84 Å². The third-order valence-corrected chi connectivity index (χ3v) is 1.65. The number of benzene rings is 1. The lowest BCUT2D eigenvalue weighted by Crippen LogP contribution is -2.09. The topological polar surface area (TPSA) is 46.5 Å². The van der Waals surface area contributed by atoms with Crippen molar-refractivity contribution in [3.8, 4) is 0 Å². The van der Waals surface area contributed by atoms with E-state index in [-0.39, 0.29) is 19.0 Å².